The molecule has 1 aromatic rings. The van der Waals surface area contributed by atoms with Crippen molar-refractivity contribution in [2.75, 3.05) is 0 Å². The summed E-state index contributed by atoms with van der Waals surface area (Å²) in [6.45, 7) is 7.39. The number of aromatic nitrogens is 2. The molecule has 0 spiro atoms. The number of primary amides is 1. The molecule has 1 aromatic heterocycles. The van der Waals surface area contributed by atoms with Crippen LogP contribution in [0.5, 0.6) is 0 Å². The van der Waals surface area contributed by atoms with E-state index in [1.165, 1.54) is 11.8 Å². The van der Waals surface area contributed by atoms with Crippen LogP contribution >= 0.6 is 11.8 Å². The zero-order chi connectivity index (χ0) is 13.9. The lowest BCUT2D eigenvalue weighted by Gasteiger charge is -2.11. The summed E-state index contributed by atoms with van der Waals surface area (Å²) in [4.78, 5) is 30.7. The molecule has 1 heterocycles. The molecule has 0 radical (unpaired) electrons. The Balaban J connectivity index is 2.79. The summed E-state index contributed by atoms with van der Waals surface area (Å²) in [6, 6.07) is -0.857. The third kappa shape index (κ3) is 3.69. The van der Waals surface area contributed by atoms with E-state index in [1.54, 1.807) is 6.92 Å². The highest BCUT2D eigenvalue weighted by atomic mass is 32.2. The molecule has 0 fully saturated rings. The number of hydrogen-bond acceptors (Lipinski definition) is 5. The van der Waals surface area contributed by atoms with Crippen molar-refractivity contribution in [2.45, 2.75) is 38.1 Å². The molecule has 18 heavy (non-hydrogen) atoms. The first kappa shape index (κ1) is 14.4. The molecule has 7 heteroatoms. The average Bonchev–Trinajstić information content (AvgIpc) is 2.24. The van der Waals surface area contributed by atoms with Gasteiger partial charge in [-0.25, -0.2) is 14.8 Å². The van der Waals surface area contributed by atoms with Crippen molar-refractivity contribution >= 4 is 23.7 Å². The molecule has 0 aliphatic rings. The maximum absolute atomic E-state index is 11.5. The quantitative estimate of drug-likeness (QED) is 0.631. The predicted octanol–water partition coefficient (Wildman–Crippen LogP) is 1.08. The fourth-order valence-electron chi connectivity index (χ4n) is 1.23. The number of thioether (sulfide) groups is 1. The highest BCUT2D eigenvalue weighted by molar-refractivity contribution is 8.00. The van der Waals surface area contributed by atoms with Gasteiger partial charge in [0.2, 0.25) is 5.91 Å². The van der Waals surface area contributed by atoms with Gasteiger partial charge in [-0.1, -0.05) is 11.8 Å². The Morgan fingerprint density at radius 1 is 1.22 bits per heavy atom. The Bertz CT molecular complexity index is 467. The number of carbonyl (C=O) groups is 2. The summed E-state index contributed by atoms with van der Waals surface area (Å²) in [5.41, 5.74) is 7.68. The number of amides is 3. The second kappa shape index (κ2) is 5.81. The van der Waals surface area contributed by atoms with Gasteiger partial charge < -0.3 is 5.73 Å². The largest absolute Gasteiger partial charge is 0.351 e. The minimum absolute atomic E-state index is 0.452. The van der Waals surface area contributed by atoms with E-state index < -0.39 is 17.2 Å². The summed E-state index contributed by atoms with van der Waals surface area (Å²) in [7, 11) is 0. The number of imide groups is 1. The molecule has 6 nitrogen and oxygen atoms in total. The molecule has 3 amide bonds. The highest BCUT2D eigenvalue weighted by Gasteiger charge is 2.18. The first-order valence-electron chi connectivity index (χ1n) is 5.40. The number of nitrogens with one attached hydrogen (secondary N) is 1. The van der Waals surface area contributed by atoms with Crippen molar-refractivity contribution in [1.29, 1.82) is 0 Å². The number of aryl methyl sites for hydroxylation is 2. The first-order chi connectivity index (χ1) is 8.31. The van der Waals surface area contributed by atoms with E-state index in [4.69, 9.17) is 5.73 Å². The van der Waals surface area contributed by atoms with Crippen molar-refractivity contribution in [2.24, 2.45) is 5.73 Å². The lowest BCUT2D eigenvalue weighted by molar-refractivity contribution is -0.119. The summed E-state index contributed by atoms with van der Waals surface area (Å²) < 4.78 is 0. The molecule has 3 N–H and O–H groups in total. The molecule has 0 aromatic carbocycles. The van der Waals surface area contributed by atoms with Crippen LogP contribution in [0.25, 0.3) is 0 Å². The monoisotopic (exact) mass is 268 g/mol. The Morgan fingerprint density at radius 2 is 1.72 bits per heavy atom. The topological polar surface area (TPSA) is 98.0 Å². The lowest BCUT2D eigenvalue weighted by Crippen LogP contribution is -2.39. The summed E-state index contributed by atoms with van der Waals surface area (Å²) in [5.74, 6) is -0.452. The molecule has 0 saturated carbocycles. The van der Waals surface area contributed by atoms with Crippen molar-refractivity contribution in [3.8, 4) is 0 Å². The van der Waals surface area contributed by atoms with Crippen LogP contribution in [-0.4, -0.2) is 27.2 Å². The fourth-order valence-corrected chi connectivity index (χ4v) is 2.09. The van der Waals surface area contributed by atoms with Crippen LogP contribution < -0.4 is 11.1 Å². The average molecular weight is 268 g/mol. The Labute approximate surface area is 110 Å². The third-order valence-electron chi connectivity index (χ3n) is 2.51. The second-order valence-electron chi connectivity index (χ2n) is 3.92. The molecule has 98 valence electrons. The standard InChI is InChI=1S/C11H16N4O2S/c1-5-6(2)13-11(14-7(5)3)18-8(4)9(16)15-10(12)17/h8H,1-4H3,(H3,12,15,16,17)/t8-/m0/s1. The number of urea groups is 1. The molecule has 0 saturated heterocycles. The van der Waals surface area contributed by atoms with Gasteiger partial charge in [0.25, 0.3) is 0 Å². The molecule has 0 aliphatic heterocycles. The Hall–Kier alpha value is -1.63. The van der Waals surface area contributed by atoms with E-state index in [0.29, 0.717) is 5.16 Å². The van der Waals surface area contributed by atoms with Gasteiger partial charge in [-0.15, -0.1) is 0 Å². The van der Waals surface area contributed by atoms with Crippen molar-refractivity contribution < 1.29 is 9.59 Å². The van der Waals surface area contributed by atoms with Gasteiger partial charge >= 0.3 is 6.03 Å². The maximum Gasteiger partial charge on any atom is 0.318 e. The number of carbonyl (C=O) groups excluding carboxylic acids is 2. The smallest absolute Gasteiger partial charge is 0.318 e. The van der Waals surface area contributed by atoms with E-state index in [1.807, 2.05) is 26.1 Å². The molecule has 1 atom stereocenters. The van der Waals surface area contributed by atoms with Crippen LogP contribution in [0.3, 0.4) is 0 Å². The molecule has 1 rings (SSSR count). The van der Waals surface area contributed by atoms with Crippen molar-refractivity contribution in [1.82, 2.24) is 15.3 Å². The van der Waals surface area contributed by atoms with Gasteiger partial charge in [-0.2, -0.15) is 0 Å². The van der Waals surface area contributed by atoms with Gasteiger partial charge in [-0.3, -0.25) is 10.1 Å². The zero-order valence-corrected chi connectivity index (χ0v) is 11.6. The van der Waals surface area contributed by atoms with Gasteiger partial charge in [-0.05, 0) is 33.3 Å². The summed E-state index contributed by atoms with van der Waals surface area (Å²) >= 11 is 1.19. The number of nitrogens with zero attached hydrogens (tertiary/aromatic N) is 2. The van der Waals surface area contributed by atoms with E-state index in [-0.39, 0.29) is 0 Å². The molecular weight excluding hydrogens is 252 g/mol. The van der Waals surface area contributed by atoms with Crippen molar-refractivity contribution in [3.63, 3.8) is 0 Å². The van der Waals surface area contributed by atoms with Crippen LogP contribution in [0.4, 0.5) is 4.79 Å². The minimum Gasteiger partial charge on any atom is -0.351 e. The minimum atomic E-state index is -0.857. The fraction of sp³-hybridized carbons (Fsp3) is 0.455. The van der Waals surface area contributed by atoms with Crippen LogP contribution in [0.15, 0.2) is 5.16 Å². The Morgan fingerprint density at radius 3 is 2.17 bits per heavy atom. The van der Waals surface area contributed by atoms with Gasteiger partial charge in [0.05, 0.1) is 5.25 Å². The Kier molecular flexibility index (Phi) is 4.66. The lowest BCUT2D eigenvalue weighted by atomic mass is 10.2. The molecule has 0 unspecified atom stereocenters. The predicted molar refractivity (Wildman–Crippen MR) is 69.3 cm³/mol. The SMILES string of the molecule is Cc1nc(S[C@@H](C)C(=O)NC(N)=O)nc(C)c1C. The summed E-state index contributed by atoms with van der Waals surface area (Å²) in [5, 5.41) is 2.06. The van der Waals surface area contributed by atoms with Crippen LogP contribution in [0.1, 0.15) is 23.9 Å². The summed E-state index contributed by atoms with van der Waals surface area (Å²) in [6.07, 6.45) is 0. The van der Waals surface area contributed by atoms with Gasteiger partial charge in [0.1, 0.15) is 0 Å². The van der Waals surface area contributed by atoms with Crippen LogP contribution in [-0.2, 0) is 4.79 Å². The number of hydrogen-bond donors (Lipinski definition) is 2. The third-order valence-corrected chi connectivity index (χ3v) is 3.47. The zero-order valence-electron chi connectivity index (χ0n) is 10.8. The second-order valence-corrected chi connectivity index (χ2v) is 5.22. The van der Waals surface area contributed by atoms with E-state index >= 15 is 0 Å². The van der Waals surface area contributed by atoms with E-state index in [2.05, 4.69) is 9.97 Å². The highest BCUT2D eigenvalue weighted by Crippen LogP contribution is 2.21. The van der Waals surface area contributed by atoms with Gasteiger partial charge in [0, 0.05) is 11.4 Å². The maximum atomic E-state index is 11.5. The van der Waals surface area contributed by atoms with Crippen molar-refractivity contribution in [3.05, 3.63) is 17.0 Å². The van der Waals surface area contributed by atoms with Gasteiger partial charge in [0.15, 0.2) is 5.16 Å². The van der Waals surface area contributed by atoms with E-state index in [0.717, 1.165) is 17.0 Å². The molecule has 0 aliphatic carbocycles. The molecule has 0 bridgehead atoms. The van der Waals surface area contributed by atoms with Crippen LogP contribution in [0.2, 0.25) is 0 Å². The first-order valence-corrected chi connectivity index (χ1v) is 6.28. The molecular formula is C11H16N4O2S. The van der Waals surface area contributed by atoms with Crippen LogP contribution in [0, 0.1) is 20.8 Å². The number of rotatable bonds is 3. The van der Waals surface area contributed by atoms with E-state index in [9.17, 15) is 9.59 Å². The normalized spacial score (nSPS) is 12.0. The number of nitrogens with two attached hydrogens (primary N) is 1.